The maximum atomic E-state index is 12.0. The molecule has 0 unspecified atom stereocenters. The van der Waals surface area contributed by atoms with E-state index in [1.807, 2.05) is 0 Å². The van der Waals surface area contributed by atoms with Crippen molar-refractivity contribution in [1.29, 1.82) is 0 Å². The van der Waals surface area contributed by atoms with Crippen LogP contribution in [0.3, 0.4) is 0 Å². The fourth-order valence-corrected chi connectivity index (χ4v) is 2.85. The average molecular weight is 333 g/mol. The Bertz CT molecular complexity index is 614. The Morgan fingerprint density at radius 3 is 2.30 bits per heavy atom. The predicted molar refractivity (Wildman–Crippen MR) is 61.6 cm³/mol. The molecule has 0 saturated carbocycles. The molecule has 1 aliphatic rings. The summed E-state index contributed by atoms with van der Waals surface area (Å²) in [5.74, 6) is 0.297. The maximum Gasteiger partial charge on any atom is 0.413 e. The fourth-order valence-electron chi connectivity index (χ4n) is 1.44. The van der Waals surface area contributed by atoms with Crippen LogP contribution in [0.25, 0.3) is 0 Å². The van der Waals surface area contributed by atoms with Crippen LogP contribution in [0.2, 0.25) is 5.02 Å². The second kappa shape index (κ2) is 5.30. The Balaban J connectivity index is 2.32. The second-order valence-electron chi connectivity index (χ2n) is 3.76. The van der Waals surface area contributed by atoms with Gasteiger partial charge in [0, 0.05) is 12.1 Å². The van der Waals surface area contributed by atoms with Gasteiger partial charge in [-0.05, 0) is 0 Å². The molecule has 5 nitrogen and oxygen atoms in total. The molecule has 0 fully saturated rings. The van der Waals surface area contributed by atoms with Crippen molar-refractivity contribution in [2.24, 2.45) is 0 Å². The molecule has 2 rings (SSSR count). The van der Waals surface area contributed by atoms with E-state index in [0.717, 1.165) is 12.1 Å². The zero-order valence-electron chi connectivity index (χ0n) is 9.74. The Morgan fingerprint density at radius 1 is 1.20 bits per heavy atom. The van der Waals surface area contributed by atoms with Gasteiger partial charge in [-0.2, -0.15) is 21.6 Å². The van der Waals surface area contributed by atoms with Crippen LogP contribution in [0.5, 0.6) is 11.5 Å². The molecule has 0 amide bonds. The summed E-state index contributed by atoms with van der Waals surface area (Å²) in [7, 11) is -4.65. The molecular formula is C10H8ClF3O5S. The van der Waals surface area contributed by atoms with Gasteiger partial charge in [0.15, 0.2) is 18.1 Å². The number of hydrogen-bond acceptors (Lipinski definition) is 5. The van der Waals surface area contributed by atoms with Crippen molar-refractivity contribution in [2.75, 3.05) is 19.8 Å². The first-order valence-corrected chi connectivity index (χ1v) is 7.03. The molecule has 20 heavy (non-hydrogen) atoms. The summed E-state index contributed by atoms with van der Waals surface area (Å²) in [5, 5.41) is -0.309. The Labute approximate surface area is 117 Å². The molecule has 0 N–H and O–H groups in total. The van der Waals surface area contributed by atoms with Crippen molar-refractivity contribution < 1.29 is 35.2 Å². The number of benzene rings is 1. The molecule has 0 atom stereocenters. The molecule has 1 aromatic carbocycles. The van der Waals surface area contributed by atoms with Gasteiger partial charge in [-0.15, -0.1) is 0 Å². The third-order valence-corrected chi connectivity index (χ3v) is 3.97. The normalized spacial score (nSPS) is 15.2. The highest BCUT2D eigenvalue weighted by Gasteiger charge is 2.33. The lowest BCUT2D eigenvalue weighted by molar-refractivity contribution is -0.152. The number of ether oxygens (including phenoxy) is 2. The van der Waals surface area contributed by atoms with Crippen LogP contribution in [-0.4, -0.2) is 34.4 Å². The minimum atomic E-state index is -4.77. The molecular weight excluding hydrogens is 325 g/mol. The van der Waals surface area contributed by atoms with Crippen molar-refractivity contribution in [3.63, 3.8) is 0 Å². The predicted octanol–water partition coefficient (Wildman–Crippen LogP) is 2.38. The van der Waals surface area contributed by atoms with Crippen LogP contribution in [-0.2, 0) is 14.3 Å². The van der Waals surface area contributed by atoms with Gasteiger partial charge in [0.2, 0.25) is 0 Å². The second-order valence-corrected chi connectivity index (χ2v) is 5.75. The average Bonchev–Trinajstić information content (AvgIpc) is 2.35. The number of rotatable bonds is 3. The van der Waals surface area contributed by atoms with Gasteiger partial charge in [-0.3, -0.25) is 4.18 Å². The van der Waals surface area contributed by atoms with Gasteiger partial charge in [0.05, 0.1) is 5.02 Å². The van der Waals surface area contributed by atoms with Gasteiger partial charge in [-0.25, -0.2) is 0 Å². The van der Waals surface area contributed by atoms with E-state index in [-0.39, 0.29) is 29.7 Å². The molecule has 0 spiro atoms. The molecule has 1 aliphatic heterocycles. The van der Waals surface area contributed by atoms with Gasteiger partial charge < -0.3 is 9.47 Å². The van der Waals surface area contributed by atoms with Crippen LogP contribution in [0, 0.1) is 0 Å². The number of fused-ring (bicyclic) bond motifs is 1. The molecule has 0 radical (unpaired) electrons. The first-order chi connectivity index (χ1) is 9.19. The molecule has 1 heterocycles. The Kier molecular flexibility index (Phi) is 4.03. The smallest absolute Gasteiger partial charge is 0.413 e. The van der Waals surface area contributed by atoms with Gasteiger partial charge in [-0.1, -0.05) is 11.6 Å². The van der Waals surface area contributed by atoms with E-state index in [0.29, 0.717) is 0 Å². The van der Waals surface area contributed by atoms with Crippen LogP contribution in [0.15, 0.2) is 17.0 Å². The summed E-state index contributed by atoms with van der Waals surface area (Å²) < 4.78 is 73.6. The van der Waals surface area contributed by atoms with E-state index < -0.39 is 27.8 Å². The van der Waals surface area contributed by atoms with E-state index in [9.17, 15) is 21.6 Å². The summed E-state index contributed by atoms with van der Waals surface area (Å²) in [5.41, 5.74) is 0. The van der Waals surface area contributed by atoms with Crippen molar-refractivity contribution in [1.82, 2.24) is 0 Å². The highest BCUT2D eigenvalue weighted by molar-refractivity contribution is 7.86. The summed E-state index contributed by atoms with van der Waals surface area (Å²) >= 11 is 5.72. The topological polar surface area (TPSA) is 61.8 Å². The molecule has 10 heteroatoms. The molecule has 1 aromatic rings. The van der Waals surface area contributed by atoms with Crippen molar-refractivity contribution in [3.05, 3.63) is 17.2 Å². The highest BCUT2D eigenvalue weighted by Crippen LogP contribution is 2.38. The van der Waals surface area contributed by atoms with E-state index in [2.05, 4.69) is 4.18 Å². The highest BCUT2D eigenvalue weighted by atomic mass is 35.5. The Morgan fingerprint density at radius 2 is 1.75 bits per heavy atom. The monoisotopic (exact) mass is 332 g/mol. The Hall–Kier alpha value is -1.19. The summed E-state index contributed by atoms with van der Waals surface area (Å²) in [4.78, 5) is -0.604. The number of alkyl halides is 3. The van der Waals surface area contributed by atoms with Gasteiger partial charge in [0.1, 0.15) is 18.1 Å². The molecule has 112 valence electrons. The molecule has 0 bridgehead atoms. The first-order valence-electron chi connectivity index (χ1n) is 5.24. The van der Waals surface area contributed by atoms with Crippen LogP contribution < -0.4 is 9.47 Å². The standard InChI is InChI=1S/C10H8ClF3O5S/c11-6-3-7-8(18-2-1-17-7)4-9(6)20(15,16)19-5-10(12,13)14/h3-4H,1-2,5H2. The molecule has 0 aromatic heterocycles. The summed E-state index contributed by atoms with van der Waals surface area (Å²) in [6, 6.07) is 2.13. The minimum Gasteiger partial charge on any atom is -0.486 e. The van der Waals surface area contributed by atoms with Crippen LogP contribution in [0.1, 0.15) is 0 Å². The fraction of sp³-hybridized carbons (Fsp3) is 0.400. The summed E-state index contributed by atoms with van der Waals surface area (Å²) in [6.45, 7) is -1.47. The van der Waals surface area contributed by atoms with Gasteiger partial charge in [0.25, 0.3) is 10.1 Å². The first kappa shape index (κ1) is 15.2. The van der Waals surface area contributed by atoms with Crippen molar-refractivity contribution in [3.8, 4) is 11.5 Å². The zero-order valence-corrected chi connectivity index (χ0v) is 11.3. The van der Waals surface area contributed by atoms with Crippen molar-refractivity contribution in [2.45, 2.75) is 11.1 Å². The molecule has 0 saturated heterocycles. The lowest BCUT2D eigenvalue weighted by Gasteiger charge is -2.19. The van der Waals surface area contributed by atoms with E-state index >= 15 is 0 Å². The lowest BCUT2D eigenvalue weighted by atomic mass is 10.3. The number of halogens is 4. The molecule has 0 aliphatic carbocycles. The maximum absolute atomic E-state index is 12.0. The summed E-state index contributed by atoms with van der Waals surface area (Å²) in [6.07, 6.45) is -4.77. The third kappa shape index (κ3) is 3.47. The van der Waals surface area contributed by atoms with Crippen LogP contribution >= 0.6 is 11.6 Å². The van der Waals surface area contributed by atoms with E-state index in [1.165, 1.54) is 0 Å². The van der Waals surface area contributed by atoms with Crippen molar-refractivity contribution >= 4 is 21.7 Å². The SMILES string of the molecule is O=S(=O)(OCC(F)(F)F)c1cc2c(cc1Cl)OCCO2. The quantitative estimate of drug-likeness (QED) is 0.795. The van der Waals surface area contributed by atoms with Gasteiger partial charge >= 0.3 is 6.18 Å². The third-order valence-electron chi connectivity index (χ3n) is 2.24. The number of hydrogen-bond donors (Lipinski definition) is 0. The van der Waals surface area contributed by atoms with E-state index in [4.69, 9.17) is 21.1 Å². The zero-order chi connectivity index (χ0) is 15.0. The minimum absolute atomic E-state index is 0.0785. The lowest BCUT2D eigenvalue weighted by Crippen LogP contribution is -2.21. The van der Waals surface area contributed by atoms with E-state index in [1.54, 1.807) is 0 Å². The van der Waals surface area contributed by atoms with Crippen LogP contribution in [0.4, 0.5) is 13.2 Å². The largest absolute Gasteiger partial charge is 0.486 e.